The zero-order chi connectivity index (χ0) is 13.7. The third kappa shape index (κ3) is 3.85. The minimum Gasteiger partial charge on any atom is -0.458 e. The molecule has 2 rings (SSSR count). The van der Waals surface area contributed by atoms with Gasteiger partial charge in [-0.15, -0.1) is 0 Å². The van der Waals surface area contributed by atoms with Gasteiger partial charge < -0.3 is 14.4 Å². The molecular formula is C12H16FN3O3. The van der Waals surface area contributed by atoms with E-state index in [1.54, 1.807) is 4.90 Å². The number of hydrogen-bond donors (Lipinski definition) is 0. The molecule has 1 fully saturated rings. The lowest BCUT2D eigenvalue weighted by Crippen LogP contribution is -2.33. The van der Waals surface area contributed by atoms with Gasteiger partial charge in [-0.05, 0) is 6.92 Å². The zero-order valence-corrected chi connectivity index (χ0v) is 10.7. The van der Waals surface area contributed by atoms with E-state index in [0.29, 0.717) is 26.1 Å². The largest absolute Gasteiger partial charge is 0.458 e. The van der Waals surface area contributed by atoms with Crippen molar-refractivity contribution in [1.29, 1.82) is 0 Å². The van der Waals surface area contributed by atoms with E-state index in [-0.39, 0.29) is 24.6 Å². The molecule has 1 atom stereocenters. The van der Waals surface area contributed by atoms with Gasteiger partial charge in [-0.1, -0.05) is 0 Å². The van der Waals surface area contributed by atoms with Crippen LogP contribution in [0.25, 0.3) is 0 Å². The number of nitrogens with zero attached hydrogens (tertiary/aromatic N) is 3. The monoisotopic (exact) mass is 269 g/mol. The van der Waals surface area contributed by atoms with Crippen LogP contribution in [0.4, 0.5) is 4.39 Å². The Kier molecular flexibility index (Phi) is 4.62. The van der Waals surface area contributed by atoms with Crippen molar-refractivity contribution < 1.29 is 18.7 Å². The summed E-state index contributed by atoms with van der Waals surface area (Å²) in [5, 5.41) is 0. The molecule has 1 aromatic rings. The third-order valence-electron chi connectivity index (χ3n) is 2.80. The number of likely N-dealkylation sites (tertiary alicyclic amines) is 1. The Morgan fingerprint density at radius 2 is 2.26 bits per heavy atom. The Labute approximate surface area is 110 Å². The molecule has 19 heavy (non-hydrogen) atoms. The van der Waals surface area contributed by atoms with Crippen molar-refractivity contribution in [2.75, 3.05) is 26.3 Å². The maximum Gasteiger partial charge on any atom is 0.316 e. The average Bonchev–Trinajstić information content (AvgIpc) is 2.87. The van der Waals surface area contributed by atoms with Crippen molar-refractivity contribution in [2.24, 2.45) is 0 Å². The summed E-state index contributed by atoms with van der Waals surface area (Å²) in [6.45, 7) is 3.55. The van der Waals surface area contributed by atoms with Crippen LogP contribution < -0.4 is 4.74 Å². The van der Waals surface area contributed by atoms with Crippen molar-refractivity contribution in [3.8, 4) is 6.01 Å². The number of ether oxygens (including phenoxy) is 2. The molecule has 104 valence electrons. The van der Waals surface area contributed by atoms with Crippen molar-refractivity contribution in [3.05, 3.63) is 18.2 Å². The Bertz CT molecular complexity index is 427. The summed E-state index contributed by atoms with van der Waals surface area (Å²) in [4.78, 5) is 20.8. The van der Waals surface area contributed by atoms with E-state index >= 15 is 0 Å². The molecule has 0 unspecified atom stereocenters. The average molecular weight is 269 g/mol. The lowest BCUT2D eigenvalue weighted by Gasteiger charge is -2.16. The SMILES string of the molecule is CCOCC(=O)N1CC[C@H](Oc2ncc(F)cn2)C1. The smallest absolute Gasteiger partial charge is 0.316 e. The predicted octanol–water partition coefficient (Wildman–Crippen LogP) is 0.632. The summed E-state index contributed by atoms with van der Waals surface area (Å²) >= 11 is 0. The highest BCUT2D eigenvalue weighted by molar-refractivity contribution is 5.77. The van der Waals surface area contributed by atoms with Crippen LogP contribution in [-0.2, 0) is 9.53 Å². The molecule has 2 heterocycles. The molecule has 1 amide bonds. The molecule has 1 aromatic heterocycles. The third-order valence-corrected chi connectivity index (χ3v) is 2.80. The zero-order valence-electron chi connectivity index (χ0n) is 10.7. The predicted molar refractivity (Wildman–Crippen MR) is 64.1 cm³/mol. The van der Waals surface area contributed by atoms with E-state index < -0.39 is 5.82 Å². The lowest BCUT2D eigenvalue weighted by molar-refractivity contribution is -0.135. The summed E-state index contributed by atoms with van der Waals surface area (Å²) in [5.74, 6) is -0.555. The highest BCUT2D eigenvalue weighted by Crippen LogP contribution is 2.15. The first kappa shape index (κ1) is 13.7. The van der Waals surface area contributed by atoms with Gasteiger partial charge in [0.1, 0.15) is 12.7 Å². The van der Waals surface area contributed by atoms with Gasteiger partial charge in [0.2, 0.25) is 5.91 Å². The maximum atomic E-state index is 12.6. The molecule has 0 aliphatic carbocycles. The first-order valence-corrected chi connectivity index (χ1v) is 6.18. The van der Waals surface area contributed by atoms with E-state index in [9.17, 15) is 9.18 Å². The molecule has 0 N–H and O–H groups in total. The van der Waals surface area contributed by atoms with Gasteiger partial charge >= 0.3 is 6.01 Å². The van der Waals surface area contributed by atoms with Crippen LogP contribution >= 0.6 is 0 Å². The fourth-order valence-electron chi connectivity index (χ4n) is 1.84. The molecule has 0 spiro atoms. The van der Waals surface area contributed by atoms with Crippen LogP contribution in [0.5, 0.6) is 6.01 Å². The van der Waals surface area contributed by atoms with Gasteiger partial charge in [-0.2, -0.15) is 0 Å². The maximum absolute atomic E-state index is 12.6. The molecule has 6 nitrogen and oxygen atoms in total. The van der Waals surface area contributed by atoms with Gasteiger partial charge in [0.05, 0.1) is 18.9 Å². The van der Waals surface area contributed by atoms with Gasteiger partial charge in [-0.25, -0.2) is 14.4 Å². The minimum atomic E-state index is -0.507. The first-order chi connectivity index (χ1) is 9.19. The standard InChI is InChI=1S/C12H16FN3O3/c1-2-18-8-11(17)16-4-3-10(7-16)19-12-14-5-9(13)6-15-12/h5-6,10H,2-4,7-8H2,1H3/t10-/m0/s1. The van der Waals surface area contributed by atoms with E-state index in [1.165, 1.54) is 0 Å². The van der Waals surface area contributed by atoms with E-state index in [1.807, 2.05) is 6.92 Å². The normalized spacial score (nSPS) is 18.6. The topological polar surface area (TPSA) is 64.5 Å². The van der Waals surface area contributed by atoms with Gasteiger partial charge in [0.25, 0.3) is 0 Å². The van der Waals surface area contributed by atoms with Crippen LogP contribution in [0.2, 0.25) is 0 Å². The highest BCUT2D eigenvalue weighted by Gasteiger charge is 2.28. The van der Waals surface area contributed by atoms with Gasteiger partial charge in [0, 0.05) is 19.6 Å². The summed E-state index contributed by atoms with van der Waals surface area (Å²) in [5.41, 5.74) is 0. The van der Waals surface area contributed by atoms with Crippen LogP contribution in [0.15, 0.2) is 12.4 Å². The molecule has 1 aliphatic rings. The van der Waals surface area contributed by atoms with Crippen LogP contribution in [0.1, 0.15) is 13.3 Å². The molecule has 0 radical (unpaired) electrons. The summed E-state index contributed by atoms with van der Waals surface area (Å²) in [6, 6.07) is 0.130. The Morgan fingerprint density at radius 3 is 2.95 bits per heavy atom. The van der Waals surface area contributed by atoms with Crippen molar-refractivity contribution in [1.82, 2.24) is 14.9 Å². The molecule has 0 bridgehead atoms. The molecular weight excluding hydrogens is 253 g/mol. The second-order valence-electron chi connectivity index (χ2n) is 4.19. The Hall–Kier alpha value is -1.76. The number of aromatic nitrogens is 2. The summed E-state index contributed by atoms with van der Waals surface area (Å²) < 4.78 is 23.2. The first-order valence-electron chi connectivity index (χ1n) is 6.18. The quantitative estimate of drug-likeness (QED) is 0.784. The minimum absolute atomic E-state index is 0.0482. The number of amides is 1. The van der Waals surface area contributed by atoms with Crippen LogP contribution in [0, 0.1) is 5.82 Å². The van der Waals surface area contributed by atoms with Crippen molar-refractivity contribution >= 4 is 5.91 Å². The number of carbonyl (C=O) groups excluding carboxylic acids is 1. The number of rotatable bonds is 5. The van der Waals surface area contributed by atoms with Crippen LogP contribution in [-0.4, -0.2) is 53.2 Å². The number of halogens is 1. The summed E-state index contributed by atoms with van der Waals surface area (Å²) in [7, 11) is 0. The lowest BCUT2D eigenvalue weighted by atomic mass is 10.3. The fourth-order valence-corrected chi connectivity index (χ4v) is 1.84. The summed E-state index contributed by atoms with van der Waals surface area (Å²) in [6.07, 6.45) is 2.65. The molecule has 7 heteroatoms. The second kappa shape index (κ2) is 6.42. The van der Waals surface area contributed by atoms with Crippen molar-refractivity contribution in [3.63, 3.8) is 0 Å². The van der Waals surface area contributed by atoms with Gasteiger partial charge in [-0.3, -0.25) is 4.79 Å². The van der Waals surface area contributed by atoms with Crippen LogP contribution in [0.3, 0.4) is 0 Å². The molecule has 1 aliphatic heterocycles. The van der Waals surface area contributed by atoms with E-state index in [4.69, 9.17) is 9.47 Å². The Morgan fingerprint density at radius 1 is 1.53 bits per heavy atom. The Balaban J connectivity index is 1.81. The molecule has 0 aromatic carbocycles. The molecule has 1 saturated heterocycles. The molecule has 0 saturated carbocycles. The second-order valence-corrected chi connectivity index (χ2v) is 4.19. The van der Waals surface area contributed by atoms with E-state index in [2.05, 4.69) is 9.97 Å². The number of carbonyl (C=O) groups is 1. The fraction of sp³-hybridized carbons (Fsp3) is 0.583. The highest BCUT2D eigenvalue weighted by atomic mass is 19.1. The number of hydrogen-bond acceptors (Lipinski definition) is 5. The van der Waals surface area contributed by atoms with E-state index in [0.717, 1.165) is 12.4 Å². The van der Waals surface area contributed by atoms with Crippen molar-refractivity contribution in [2.45, 2.75) is 19.4 Å². The van der Waals surface area contributed by atoms with Gasteiger partial charge in [0.15, 0.2) is 5.82 Å².